The summed E-state index contributed by atoms with van der Waals surface area (Å²) in [6.07, 6.45) is 0. The Bertz CT molecular complexity index is 1520. The zero-order chi connectivity index (χ0) is 29.1. The standard InChI is InChI=1S/C36H27O6P/c1-4-13-28(14-5-1)37-31-19-10-22-34(25-31)40-43(41-35-23-11-20-32(26-35)38-29-15-6-2-7-16-29)42-36-24-12-21-33(27-36)39-30-17-8-3-9-18-30/h1-27H. The summed E-state index contributed by atoms with van der Waals surface area (Å²) >= 11 is 0. The first-order valence-corrected chi connectivity index (χ1v) is 14.7. The maximum Gasteiger partial charge on any atom is 0.530 e. The third-order valence-electron chi connectivity index (χ3n) is 5.89. The van der Waals surface area contributed by atoms with Crippen LogP contribution in [0.1, 0.15) is 0 Å². The summed E-state index contributed by atoms with van der Waals surface area (Å²) in [7, 11) is -1.97. The van der Waals surface area contributed by atoms with Gasteiger partial charge in [0.25, 0.3) is 0 Å². The van der Waals surface area contributed by atoms with Crippen molar-refractivity contribution in [2.45, 2.75) is 0 Å². The molecule has 0 aliphatic rings. The molecule has 0 saturated carbocycles. The molecule has 0 radical (unpaired) electrons. The smallest absolute Gasteiger partial charge is 0.457 e. The Kier molecular flexibility index (Phi) is 8.99. The molecule has 7 heteroatoms. The summed E-state index contributed by atoms with van der Waals surface area (Å²) in [5.74, 6) is 5.59. The van der Waals surface area contributed by atoms with Crippen LogP contribution in [-0.2, 0) is 0 Å². The van der Waals surface area contributed by atoms with Crippen molar-refractivity contribution in [1.82, 2.24) is 0 Å². The Hall–Kier alpha value is -5.45. The van der Waals surface area contributed by atoms with Gasteiger partial charge in [0, 0.05) is 18.2 Å². The first-order valence-electron chi connectivity index (χ1n) is 13.6. The van der Waals surface area contributed by atoms with Crippen molar-refractivity contribution in [1.29, 1.82) is 0 Å². The zero-order valence-electron chi connectivity index (χ0n) is 23.0. The molecule has 0 atom stereocenters. The van der Waals surface area contributed by atoms with Gasteiger partial charge in [-0.05, 0) is 72.8 Å². The van der Waals surface area contributed by atoms with Crippen molar-refractivity contribution in [3.05, 3.63) is 164 Å². The summed E-state index contributed by atoms with van der Waals surface area (Å²) in [5.41, 5.74) is 0. The summed E-state index contributed by atoms with van der Waals surface area (Å²) in [6.45, 7) is 0. The van der Waals surface area contributed by atoms with Gasteiger partial charge in [0.1, 0.15) is 51.7 Å². The molecule has 0 spiro atoms. The van der Waals surface area contributed by atoms with E-state index in [0.29, 0.717) is 34.5 Å². The van der Waals surface area contributed by atoms with Crippen molar-refractivity contribution in [2.75, 3.05) is 0 Å². The van der Waals surface area contributed by atoms with Crippen molar-refractivity contribution in [2.24, 2.45) is 0 Å². The van der Waals surface area contributed by atoms with Gasteiger partial charge in [0.2, 0.25) is 0 Å². The average Bonchev–Trinajstić information content (AvgIpc) is 3.03. The molecule has 0 heterocycles. The summed E-state index contributed by atoms with van der Waals surface area (Å²) in [5, 5.41) is 0. The molecule has 6 rings (SSSR count). The van der Waals surface area contributed by atoms with Crippen LogP contribution in [0.2, 0.25) is 0 Å². The Morgan fingerprint density at radius 2 is 0.512 bits per heavy atom. The number of hydrogen-bond donors (Lipinski definition) is 0. The van der Waals surface area contributed by atoms with Crippen LogP contribution in [0.4, 0.5) is 0 Å². The molecular formula is C36H27O6P. The molecule has 0 aliphatic heterocycles. The highest BCUT2D eigenvalue weighted by atomic mass is 31.2. The van der Waals surface area contributed by atoms with Crippen molar-refractivity contribution < 1.29 is 27.8 Å². The van der Waals surface area contributed by atoms with E-state index in [2.05, 4.69) is 0 Å². The molecule has 6 aromatic carbocycles. The molecule has 0 aliphatic carbocycles. The van der Waals surface area contributed by atoms with Gasteiger partial charge in [-0.15, -0.1) is 0 Å². The van der Waals surface area contributed by atoms with Crippen LogP contribution >= 0.6 is 8.60 Å². The number of rotatable bonds is 12. The minimum absolute atomic E-state index is 0.521. The van der Waals surface area contributed by atoms with E-state index >= 15 is 0 Å². The van der Waals surface area contributed by atoms with E-state index < -0.39 is 8.60 Å². The second-order valence-corrected chi connectivity index (χ2v) is 10.2. The highest BCUT2D eigenvalue weighted by molar-refractivity contribution is 7.43. The monoisotopic (exact) mass is 586 g/mol. The largest absolute Gasteiger partial charge is 0.530 e. The van der Waals surface area contributed by atoms with Gasteiger partial charge in [0.05, 0.1) is 0 Å². The first kappa shape index (κ1) is 27.7. The van der Waals surface area contributed by atoms with Gasteiger partial charge in [-0.1, -0.05) is 72.8 Å². The second-order valence-electron chi connectivity index (χ2n) is 9.17. The van der Waals surface area contributed by atoms with Crippen molar-refractivity contribution in [3.63, 3.8) is 0 Å². The fraction of sp³-hybridized carbons (Fsp3) is 0. The van der Waals surface area contributed by atoms with E-state index in [1.165, 1.54) is 0 Å². The number of benzene rings is 6. The van der Waals surface area contributed by atoms with E-state index in [9.17, 15) is 0 Å². The predicted octanol–water partition coefficient (Wildman–Crippen LogP) is 10.8. The molecule has 0 bridgehead atoms. The van der Waals surface area contributed by atoms with Crippen LogP contribution in [0.15, 0.2) is 164 Å². The third kappa shape index (κ3) is 8.29. The van der Waals surface area contributed by atoms with Crippen LogP contribution in [0.5, 0.6) is 51.7 Å². The maximum absolute atomic E-state index is 6.28. The lowest BCUT2D eigenvalue weighted by Crippen LogP contribution is -2.02. The Labute approximate surface area is 251 Å². The Morgan fingerprint density at radius 3 is 0.814 bits per heavy atom. The minimum Gasteiger partial charge on any atom is -0.457 e. The van der Waals surface area contributed by atoms with E-state index in [-0.39, 0.29) is 0 Å². The molecular weight excluding hydrogens is 559 g/mol. The molecule has 0 N–H and O–H groups in total. The van der Waals surface area contributed by atoms with Gasteiger partial charge in [0.15, 0.2) is 0 Å². The van der Waals surface area contributed by atoms with Gasteiger partial charge < -0.3 is 27.8 Å². The number of hydrogen-bond acceptors (Lipinski definition) is 6. The van der Waals surface area contributed by atoms with E-state index in [0.717, 1.165) is 17.2 Å². The van der Waals surface area contributed by atoms with Crippen molar-refractivity contribution in [3.8, 4) is 51.7 Å². The highest BCUT2D eigenvalue weighted by Gasteiger charge is 2.21. The molecule has 0 unspecified atom stereocenters. The van der Waals surface area contributed by atoms with E-state index in [4.69, 9.17) is 27.8 Å². The molecule has 0 aromatic heterocycles. The minimum atomic E-state index is -1.97. The Morgan fingerprint density at radius 1 is 0.256 bits per heavy atom. The lowest BCUT2D eigenvalue weighted by Gasteiger charge is -2.19. The van der Waals surface area contributed by atoms with Gasteiger partial charge in [-0.3, -0.25) is 0 Å². The zero-order valence-corrected chi connectivity index (χ0v) is 23.9. The van der Waals surface area contributed by atoms with Crippen LogP contribution in [0, 0.1) is 0 Å². The van der Waals surface area contributed by atoms with Gasteiger partial charge in [-0.25, -0.2) is 0 Å². The Balaban J connectivity index is 1.23. The SMILES string of the molecule is c1ccc(Oc2cccc(OP(Oc3cccc(Oc4ccccc4)c3)Oc3cccc(Oc4ccccc4)c3)c2)cc1. The lowest BCUT2D eigenvalue weighted by atomic mass is 10.3. The maximum atomic E-state index is 6.28. The normalized spacial score (nSPS) is 10.5. The highest BCUT2D eigenvalue weighted by Crippen LogP contribution is 2.44. The molecule has 0 fully saturated rings. The van der Waals surface area contributed by atoms with Gasteiger partial charge >= 0.3 is 8.60 Å². The second kappa shape index (κ2) is 13.9. The van der Waals surface area contributed by atoms with Crippen molar-refractivity contribution >= 4 is 8.60 Å². The van der Waals surface area contributed by atoms with E-state index in [1.54, 1.807) is 18.2 Å². The van der Waals surface area contributed by atoms with Crippen LogP contribution in [0.3, 0.4) is 0 Å². The average molecular weight is 587 g/mol. The van der Waals surface area contributed by atoms with Crippen LogP contribution in [0.25, 0.3) is 0 Å². The first-order chi connectivity index (χ1) is 21.2. The van der Waals surface area contributed by atoms with Crippen LogP contribution < -0.4 is 27.8 Å². The van der Waals surface area contributed by atoms with Crippen LogP contribution in [-0.4, -0.2) is 0 Å². The predicted molar refractivity (Wildman–Crippen MR) is 168 cm³/mol. The van der Waals surface area contributed by atoms with E-state index in [1.807, 2.05) is 146 Å². The molecule has 6 nitrogen and oxygen atoms in total. The summed E-state index contributed by atoms with van der Waals surface area (Å²) in [6, 6.07) is 50.6. The third-order valence-corrected chi connectivity index (χ3v) is 6.97. The topological polar surface area (TPSA) is 55.4 Å². The summed E-state index contributed by atoms with van der Waals surface area (Å²) in [4.78, 5) is 0. The number of ether oxygens (including phenoxy) is 3. The number of para-hydroxylation sites is 3. The fourth-order valence-corrected chi connectivity index (χ4v) is 4.94. The summed E-state index contributed by atoms with van der Waals surface area (Å²) < 4.78 is 36.8. The lowest BCUT2D eigenvalue weighted by molar-refractivity contribution is 0.384. The molecule has 0 amide bonds. The fourth-order valence-electron chi connectivity index (χ4n) is 3.97. The molecule has 0 saturated heterocycles. The molecule has 43 heavy (non-hydrogen) atoms. The molecule has 212 valence electrons. The quantitative estimate of drug-likeness (QED) is 0.133. The van der Waals surface area contributed by atoms with Gasteiger partial charge in [-0.2, -0.15) is 0 Å². The molecule has 6 aromatic rings.